The Balaban J connectivity index is 2.64. The van der Waals surface area contributed by atoms with Crippen LogP contribution in [0.4, 0.5) is 10.1 Å². The molecule has 0 amide bonds. The van der Waals surface area contributed by atoms with Gasteiger partial charge in [-0.3, -0.25) is 0 Å². The molecular formula is C11H17FN2O. The molecule has 84 valence electrons. The fraction of sp³-hybridized carbons (Fsp3) is 0.455. The van der Waals surface area contributed by atoms with Crippen LogP contribution in [0.25, 0.3) is 0 Å². The third-order valence-corrected chi connectivity index (χ3v) is 2.37. The van der Waals surface area contributed by atoms with Gasteiger partial charge in [-0.05, 0) is 25.2 Å². The molecule has 0 radical (unpaired) electrons. The number of aliphatic hydroxyl groups is 1. The van der Waals surface area contributed by atoms with E-state index in [4.69, 9.17) is 5.11 Å². The average molecular weight is 212 g/mol. The van der Waals surface area contributed by atoms with Crippen molar-refractivity contribution < 1.29 is 9.50 Å². The highest BCUT2D eigenvalue weighted by atomic mass is 19.1. The quantitative estimate of drug-likeness (QED) is 0.759. The minimum Gasteiger partial charge on any atom is -0.395 e. The summed E-state index contributed by atoms with van der Waals surface area (Å²) in [6, 6.07) is 6.41. The summed E-state index contributed by atoms with van der Waals surface area (Å²) in [6.45, 7) is 0.701. The van der Waals surface area contributed by atoms with E-state index in [1.165, 1.54) is 12.1 Å². The van der Waals surface area contributed by atoms with Crippen molar-refractivity contribution in [2.45, 2.75) is 6.04 Å². The van der Waals surface area contributed by atoms with E-state index < -0.39 is 0 Å². The second kappa shape index (κ2) is 5.68. The van der Waals surface area contributed by atoms with E-state index in [2.05, 4.69) is 5.32 Å². The summed E-state index contributed by atoms with van der Waals surface area (Å²) in [4.78, 5) is 1.90. The molecule has 0 aliphatic carbocycles. The zero-order valence-corrected chi connectivity index (χ0v) is 9.07. The zero-order valence-electron chi connectivity index (χ0n) is 9.07. The van der Waals surface area contributed by atoms with Gasteiger partial charge in [0.15, 0.2) is 0 Å². The molecule has 0 aromatic heterocycles. The van der Waals surface area contributed by atoms with Gasteiger partial charge >= 0.3 is 0 Å². The van der Waals surface area contributed by atoms with E-state index in [9.17, 15) is 4.39 Å². The zero-order chi connectivity index (χ0) is 11.3. The van der Waals surface area contributed by atoms with E-state index in [0.29, 0.717) is 6.54 Å². The van der Waals surface area contributed by atoms with Gasteiger partial charge in [0.1, 0.15) is 5.82 Å². The smallest absolute Gasteiger partial charge is 0.125 e. The first-order chi connectivity index (χ1) is 7.17. The molecule has 15 heavy (non-hydrogen) atoms. The van der Waals surface area contributed by atoms with Crippen molar-refractivity contribution in [1.82, 2.24) is 5.32 Å². The predicted octanol–water partition coefficient (Wildman–Crippen LogP) is 0.842. The van der Waals surface area contributed by atoms with E-state index in [1.807, 2.05) is 18.0 Å². The number of aliphatic hydroxyl groups excluding tert-OH is 1. The maximum atomic E-state index is 12.9. The van der Waals surface area contributed by atoms with Crippen LogP contribution in [-0.2, 0) is 0 Å². The van der Waals surface area contributed by atoms with Crippen LogP contribution in [-0.4, -0.2) is 38.4 Å². The molecule has 4 heteroatoms. The molecule has 0 heterocycles. The first-order valence-corrected chi connectivity index (χ1v) is 4.92. The number of benzene rings is 1. The van der Waals surface area contributed by atoms with Crippen LogP contribution >= 0.6 is 0 Å². The van der Waals surface area contributed by atoms with Crippen LogP contribution in [0, 0.1) is 5.82 Å². The number of likely N-dealkylation sites (N-methyl/N-ethyl adjacent to an activating group) is 2. The number of rotatable bonds is 5. The lowest BCUT2D eigenvalue weighted by Crippen LogP contribution is -2.40. The number of nitrogens with one attached hydrogen (secondary N) is 1. The fourth-order valence-corrected chi connectivity index (χ4v) is 1.39. The molecule has 2 N–H and O–H groups in total. The number of hydrogen-bond acceptors (Lipinski definition) is 3. The minimum atomic E-state index is -0.246. The molecule has 1 aromatic rings. The molecule has 1 rings (SSSR count). The standard InChI is InChI=1S/C11H17FN2O/c1-13-10(8-15)7-14(2)11-5-3-4-9(12)6-11/h3-6,10,13,15H,7-8H2,1-2H3. The van der Waals surface area contributed by atoms with Crippen molar-refractivity contribution in [3.63, 3.8) is 0 Å². The first kappa shape index (κ1) is 11.9. The van der Waals surface area contributed by atoms with Crippen molar-refractivity contribution in [1.29, 1.82) is 0 Å². The van der Waals surface area contributed by atoms with Crippen molar-refractivity contribution >= 4 is 5.69 Å². The van der Waals surface area contributed by atoms with E-state index in [-0.39, 0.29) is 18.5 Å². The van der Waals surface area contributed by atoms with Gasteiger partial charge in [0.2, 0.25) is 0 Å². The summed E-state index contributed by atoms with van der Waals surface area (Å²) in [5.41, 5.74) is 0.809. The Morgan fingerprint density at radius 2 is 2.27 bits per heavy atom. The van der Waals surface area contributed by atoms with Gasteiger partial charge in [0, 0.05) is 25.3 Å². The maximum Gasteiger partial charge on any atom is 0.125 e. The molecule has 0 saturated carbocycles. The predicted molar refractivity (Wildman–Crippen MR) is 59.6 cm³/mol. The monoisotopic (exact) mass is 212 g/mol. The Labute approximate surface area is 89.5 Å². The fourth-order valence-electron chi connectivity index (χ4n) is 1.39. The minimum absolute atomic E-state index is 0.00160. The lowest BCUT2D eigenvalue weighted by Gasteiger charge is -2.24. The summed E-state index contributed by atoms with van der Waals surface area (Å²) in [5.74, 6) is -0.246. The molecular weight excluding hydrogens is 195 g/mol. The lowest BCUT2D eigenvalue weighted by molar-refractivity contribution is 0.251. The molecule has 1 atom stereocenters. The first-order valence-electron chi connectivity index (χ1n) is 4.92. The summed E-state index contributed by atoms with van der Waals surface area (Å²) < 4.78 is 12.9. The van der Waals surface area contributed by atoms with Gasteiger partial charge in [-0.15, -0.1) is 0 Å². The highest BCUT2D eigenvalue weighted by molar-refractivity contribution is 5.45. The van der Waals surface area contributed by atoms with Crippen LogP contribution in [0.15, 0.2) is 24.3 Å². The number of hydrogen-bond donors (Lipinski definition) is 2. The largest absolute Gasteiger partial charge is 0.395 e. The lowest BCUT2D eigenvalue weighted by atomic mass is 10.2. The Kier molecular flexibility index (Phi) is 4.52. The summed E-state index contributed by atoms with van der Waals surface area (Å²) in [6.07, 6.45) is 0. The molecule has 0 aliphatic heterocycles. The number of halogens is 1. The van der Waals surface area contributed by atoms with Crippen molar-refractivity contribution in [2.75, 3.05) is 32.1 Å². The third kappa shape index (κ3) is 3.49. The molecule has 0 spiro atoms. The van der Waals surface area contributed by atoms with Crippen molar-refractivity contribution in [2.24, 2.45) is 0 Å². The second-order valence-corrected chi connectivity index (χ2v) is 3.53. The van der Waals surface area contributed by atoms with Crippen LogP contribution in [0.3, 0.4) is 0 Å². The highest BCUT2D eigenvalue weighted by Crippen LogP contribution is 2.13. The number of nitrogens with zero attached hydrogens (tertiary/aromatic N) is 1. The van der Waals surface area contributed by atoms with Crippen molar-refractivity contribution in [3.05, 3.63) is 30.1 Å². The molecule has 0 bridgehead atoms. The van der Waals surface area contributed by atoms with Gasteiger partial charge in [0.05, 0.1) is 6.61 Å². The van der Waals surface area contributed by atoms with Crippen LogP contribution in [0.1, 0.15) is 0 Å². The summed E-state index contributed by atoms with van der Waals surface area (Å²) in [7, 11) is 3.66. The average Bonchev–Trinajstić information content (AvgIpc) is 2.25. The Bertz CT molecular complexity index is 302. The SMILES string of the molecule is CNC(CO)CN(C)c1cccc(F)c1. The van der Waals surface area contributed by atoms with Crippen molar-refractivity contribution in [3.8, 4) is 0 Å². The molecule has 3 nitrogen and oxygen atoms in total. The topological polar surface area (TPSA) is 35.5 Å². The van der Waals surface area contributed by atoms with Gasteiger partial charge in [-0.25, -0.2) is 4.39 Å². The van der Waals surface area contributed by atoms with E-state index >= 15 is 0 Å². The van der Waals surface area contributed by atoms with Gasteiger partial charge in [-0.2, -0.15) is 0 Å². The third-order valence-electron chi connectivity index (χ3n) is 2.37. The van der Waals surface area contributed by atoms with Gasteiger partial charge in [0.25, 0.3) is 0 Å². The van der Waals surface area contributed by atoms with Crippen LogP contribution in [0.2, 0.25) is 0 Å². The second-order valence-electron chi connectivity index (χ2n) is 3.53. The summed E-state index contributed by atoms with van der Waals surface area (Å²) >= 11 is 0. The van der Waals surface area contributed by atoms with Gasteiger partial charge < -0.3 is 15.3 Å². The normalized spacial score (nSPS) is 12.5. The van der Waals surface area contributed by atoms with Crippen LogP contribution in [0.5, 0.6) is 0 Å². The van der Waals surface area contributed by atoms with Crippen LogP contribution < -0.4 is 10.2 Å². The molecule has 1 aromatic carbocycles. The molecule has 0 saturated heterocycles. The Hall–Kier alpha value is -1.13. The van der Waals surface area contributed by atoms with Gasteiger partial charge in [-0.1, -0.05) is 6.07 Å². The maximum absolute atomic E-state index is 12.9. The highest BCUT2D eigenvalue weighted by Gasteiger charge is 2.08. The molecule has 0 aliphatic rings. The number of anilines is 1. The van der Waals surface area contributed by atoms with E-state index in [1.54, 1.807) is 13.1 Å². The Morgan fingerprint density at radius 1 is 1.53 bits per heavy atom. The molecule has 0 fully saturated rings. The van der Waals surface area contributed by atoms with E-state index in [0.717, 1.165) is 5.69 Å². The summed E-state index contributed by atoms with van der Waals surface area (Å²) in [5, 5.41) is 12.0. The molecule has 1 unspecified atom stereocenters. The Morgan fingerprint density at radius 3 is 2.80 bits per heavy atom.